The molecule has 0 radical (unpaired) electrons. The zero-order chi connectivity index (χ0) is 28.9. The topological polar surface area (TPSA) is 18.5 Å². The molecule has 2 aliphatic carbocycles. The standard InChI is InChI=1S/C29H41O2P.C6H5.ClH.Pd/c1-20-18-21(2)27(22(3)19-20)28-25(30-4)16-17-26(31-5)29(28)32(23-12-8-6-9-13-23)24-14-10-7-11-15-24;1-2-4-6-5-3-1;;/h16-19,23-24H,6-15H2,1-5H3;1-5H;1H;/q;-1;;+2. The molecule has 5 heteroatoms. The third-order valence-corrected chi connectivity index (χ3v) is 12.5. The number of halogens is 1. The summed E-state index contributed by atoms with van der Waals surface area (Å²) in [7, 11) is 7.37. The SMILES string of the molecule is COc1ccc(OC)c([PH+](C2CCCCC2)C2CCCCC2)c1-c1c(C)cc(C)cc1C.[Cl][Pd+].[c-]1ccccc1. The van der Waals surface area contributed by atoms with Gasteiger partial charge < -0.3 is 9.47 Å². The Hall–Kier alpha value is -1.36. The van der Waals surface area contributed by atoms with Gasteiger partial charge in [-0.3, -0.25) is 0 Å². The molecule has 0 spiro atoms. The van der Waals surface area contributed by atoms with E-state index in [0.29, 0.717) is 0 Å². The van der Waals surface area contributed by atoms with Crippen molar-refractivity contribution in [2.75, 3.05) is 14.2 Å². The average Bonchev–Trinajstić information content (AvgIpc) is 3.00. The Labute approximate surface area is 259 Å². The van der Waals surface area contributed by atoms with Crippen LogP contribution < -0.4 is 14.8 Å². The number of benzene rings is 3. The Morgan fingerprint density at radius 1 is 0.700 bits per heavy atom. The molecule has 2 aliphatic rings. The summed E-state index contributed by atoms with van der Waals surface area (Å²) < 4.78 is 12.2. The molecule has 0 bridgehead atoms. The van der Waals surface area contributed by atoms with E-state index in [9.17, 15) is 0 Å². The van der Waals surface area contributed by atoms with Crippen molar-refractivity contribution in [1.29, 1.82) is 0 Å². The molecule has 0 aromatic heterocycles. The number of hydrogen-bond donors (Lipinski definition) is 0. The first-order chi connectivity index (χ1) is 19.5. The van der Waals surface area contributed by atoms with Crippen molar-refractivity contribution in [2.45, 2.75) is 96.3 Å². The molecular formula is C35H47ClO2PPd+. The van der Waals surface area contributed by atoms with Crippen molar-refractivity contribution in [3.05, 3.63) is 77.4 Å². The summed E-state index contributed by atoms with van der Waals surface area (Å²) in [5, 5.41) is 1.53. The van der Waals surface area contributed by atoms with Crippen LogP contribution in [0.2, 0.25) is 0 Å². The molecule has 0 aliphatic heterocycles. The van der Waals surface area contributed by atoms with Gasteiger partial charge in [0.2, 0.25) is 0 Å². The van der Waals surface area contributed by atoms with Crippen molar-refractivity contribution >= 4 is 22.8 Å². The van der Waals surface area contributed by atoms with E-state index in [0.717, 1.165) is 22.8 Å². The van der Waals surface area contributed by atoms with Gasteiger partial charge in [0.25, 0.3) is 0 Å². The van der Waals surface area contributed by atoms with Crippen LogP contribution in [0.5, 0.6) is 11.5 Å². The molecule has 0 unspecified atom stereocenters. The maximum Gasteiger partial charge on any atom is -0.171 e. The number of methoxy groups -OCH3 is 2. The first-order valence-electron chi connectivity index (χ1n) is 14.8. The third-order valence-electron chi connectivity index (χ3n) is 8.48. The van der Waals surface area contributed by atoms with E-state index in [4.69, 9.17) is 9.47 Å². The normalized spacial score (nSPS) is 15.9. The maximum absolute atomic E-state index is 6.14. The van der Waals surface area contributed by atoms with Gasteiger partial charge in [-0.1, -0.05) is 30.5 Å². The van der Waals surface area contributed by atoms with Crippen LogP contribution in [0.15, 0.2) is 54.6 Å². The molecule has 2 fully saturated rings. The molecule has 0 amide bonds. The van der Waals surface area contributed by atoms with Gasteiger partial charge >= 0.3 is 27.7 Å². The second-order valence-electron chi connectivity index (χ2n) is 11.2. The molecule has 40 heavy (non-hydrogen) atoms. The molecule has 0 heterocycles. The van der Waals surface area contributed by atoms with Crippen molar-refractivity contribution in [1.82, 2.24) is 0 Å². The van der Waals surface area contributed by atoms with Gasteiger partial charge in [-0.25, -0.2) is 0 Å². The van der Waals surface area contributed by atoms with Gasteiger partial charge in [-0.15, -0.1) is 0 Å². The van der Waals surface area contributed by atoms with E-state index >= 15 is 0 Å². The maximum atomic E-state index is 6.14. The molecule has 220 valence electrons. The van der Waals surface area contributed by atoms with Gasteiger partial charge in [0, 0.05) is 7.92 Å². The van der Waals surface area contributed by atoms with Gasteiger partial charge in [-0.05, 0) is 101 Å². The van der Waals surface area contributed by atoms with Crippen molar-refractivity contribution in [2.24, 2.45) is 0 Å². The number of aryl methyl sites for hydroxylation is 3. The monoisotopic (exact) mass is 671 g/mol. The van der Waals surface area contributed by atoms with Crippen LogP contribution in [0.1, 0.15) is 80.9 Å². The molecular weight excluding hydrogens is 625 g/mol. The van der Waals surface area contributed by atoms with Crippen LogP contribution >= 0.6 is 17.5 Å². The molecule has 5 rings (SSSR count). The summed E-state index contributed by atoms with van der Waals surface area (Å²) in [6.07, 6.45) is 14.0. The van der Waals surface area contributed by atoms with E-state index in [-0.39, 0.29) is 0 Å². The van der Waals surface area contributed by atoms with Crippen LogP contribution in [0.4, 0.5) is 0 Å². The molecule has 2 nitrogen and oxygen atoms in total. The number of hydrogen-bond acceptors (Lipinski definition) is 2. The Balaban J connectivity index is 0.000000481. The fraction of sp³-hybridized carbons (Fsp3) is 0.486. The minimum absolute atomic E-state index is 0.822. The average molecular weight is 673 g/mol. The third kappa shape index (κ3) is 8.58. The molecule has 2 saturated carbocycles. The van der Waals surface area contributed by atoms with Crippen molar-refractivity contribution in [3.63, 3.8) is 0 Å². The van der Waals surface area contributed by atoms with Gasteiger partial charge in [0.15, 0.2) is 5.75 Å². The van der Waals surface area contributed by atoms with Crippen LogP contribution in [0.25, 0.3) is 11.1 Å². The Morgan fingerprint density at radius 3 is 1.57 bits per heavy atom. The zero-order valence-electron chi connectivity index (χ0n) is 24.9. The number of rotatable bonds is 6. The van der Waals surface area contributed by atoms with E-state index in [2.05, 4.69) is 78.8 Å². The molecule has 0 saturated heterocycles. The van der Waals surface area contributed by atoms with Crippen LogP contribution in [-0.4, -0.2) is 25.5 Å². The van der Waals surface area contributed by atoms with Crippen molar-refractivity contribution < 1.29 is 27.7 Å². The first-order valence-corrected chi connectivity index (χ1v) is 18.4. The quantitative estimate of drug-likeness (QED) is 0.148. The van der Waals surface area contributed by atoms with E-state index in [1.165, 1.54) is 97.3 Å². The molecule has 0 atom stereocenters. The van der Waals surface area contributed by atoms with E-state index < -0.39 is 7.92 Å². The summed E-state index contributed by atoms with van der Waals surface area (Å²) in [6.45, 7) is 6.74. The van der Waals surface area contributed by atoms with Gasteiger partial charge in [0.05, 0.1) is 31.1 Å². The summed E-state index contributed by atoms with van der Waals surface area (Å²) in [6, 6.07) is 21.5. The minimum Gasteiger partial charge on any atom is -0.184 e. The largest absolute Gasteiger partial charge is 0.184 e. The summed E-state index contributed by atoms with van der Waals surface area (Å²) in [4.78, 5) is 0. The predicted molar refractivity (Wildman–Crippen MR) is 172 cm³/mol. The van der Waals surface area contributed by atoms with Crippen molar-refractivity contribution in [3.8, 4) is 22.6 Å². The Morgan fingerprint density at radius 2 is 1.18 bits per heavy atom. The second-order valence-corrected chi connectivity index (χ2v) is 14.2. The van der Waals surface area contributed by atoms with E-state index in [1.54, 1.807) is 0 Å². The first kappa shape index (κ1) is 33.1. The second kappa shape index (κ2) is 17.6. The smallest absolute Gasteiger partial charge is 0.171 e. The molecule has 0 N–H and O–H groups in total. The summed E-state index contributed by atoms with van der Waals surface area (Å²) in [5.74, 6) is 2.12. The van der Waals surface area contributed by atoms with E-state index in [1.807, 2.05) is 44.6 Å². The molecule has 3 aromatic rings. The summed E-state index contributed by atoms with van der Waals surface area (Å²) in [5.41, 5.74) is 8.44. The number of ether oxygens (including phenoxy) is 2. The Bertz CT molecular complexity index is 1090. The summed E-state index contributed by atoms with van der Waals surface area (Å²) >= 11 is 2.22. The van der Waals surface area contributed by atoms with Crippen LogP contribution in [-0.2, 0) is 18.2 Å². The molecule has 3 aromatic carbocycles. The fourth-order valence-electron chi connectivity index (χ4n) is 6.92. The Kier molecular flexibility index (Phi) is 14.6. The van der Waals surface area contributed by atoms with Crippen LogP contribution in [0, 0.1) is 26.8 Å². The minimum atomic E-state index is -0.822. The fourth-order valence-corrected chi connectivity index (χ4v) is 11.5. The predicted octanol–water partition coefficient (Wildman–Crippen LogP) is 9.97. The van der Waals surface area contributed by atoms with Gasteiger partial charge in [-0.2, -0.15) is 36.4 Å². The van der Waals surface area contributed by atoms with Gasteiger partial charge in [0.1, 0.15) is 11.1 Å². The zero-order valence-corrected chi connectivity index (χ0v) is 28.2. The van der Waals surface area contributed by atoms with Crippen LogP contribution in [0.3, 0.4) is 0 Å².